The number of halogens is 3. The number of amides is 1. The zero-order chi connectivity index (χ0) is 21.8. The lowest BCUT2D eigenvalue weighted by molar-refractivity contribution is -0.385. The van der Waals surface area contributed by atoms with Gasteiger partial charge >= 0.3 is 0 Å². The Kier molecular flexibility index (Phi) is 8.37. The second-order valence-electron chi connectivity index (χ2n) is 6.49. The molecule has 0 spiro atoms. The van der Waals surface area contributed by atoms with Crippen molar-refractivity contribution in [2.75, 3.05) is 31.1 Å². The molecule has 0 saturated carbocycles. The van der Waals surface area contributed by atoms with E-state index in [0.29, 0.717) is 6.54 Å². The molecule has 0 unspecified atom stereocenters. The van der Waals surface area contributed by atoms with E-state index in [2.05, 4.69) is 9.88 Å². The lowest BCUT2D eigenvalue weighted by Crippen LogP contribution is -2.39. The number of nitro benzene ring substituents is 1. The van der Waals surface area contributed by atoms with Gasteiger partial charge in [0.15, 0.2) is 10.9 Å². The molecule has 3 aromatic rings. The summed E-state index contributed by atoms with van der Waals surface area (Å²) in [6.07, 6.45) is 0. The number of para-hydroxylation sites is 1. The van der Waals surface area contributed by atoms with Crippen LogP contribution in [0, 0.1) is 21.7 Å². The van der Waals surface area contributed by atoms with Crippen LogP contribution >= 0.6 is 23.7 Å². The molecule has 2 aromatic carbocycles. The van der Waals surface area contributed by atoms with Gasteiger partial charge < -0.3 is 4.90 Å². The van der Waals surface area contributed by atoms with Crippen LogP contribution in [0.15, 0.2) is 36.4 Å². The fourth-order valence-electron chi connectivity index (χ4n) is 3.09. The lowest BCUT2D eigenvalue weighted by atomic mass is 10.1. The van der Waals surface area contributed by atoms with Gasteiger partial charge in [-0.15, -0.1) is 12.4 Å². The summed E-state index contributed by atoms with van der Waals surface area (Å²) < 4.78 is 28.0. The third-order valence-corrected chi connectivity index (χ3v) is 5.77. The summed E-state index contributed by atoms with van der Waals surface area (Å²) in [5.41, 5.74) is -0.457. The van der Waals surface area contributed by atoms with Gasteiger partial charge in [-0.3, -0.25) is 19.8 Å². The third-order valence-electron chi connectivity index (χ3n) is 4.74. The van der Waals surface area contributed by atoms with Crippen LogP contribution in [-0.4, -0.2) is 46.9 Å². The molecule has 1 aromatic heterocycles. The minimum atomic E-state index is -0.825. The predicted molar refractivity (Wildman–Crippen MR) is 119 cm³/mol. The van der Waals surface area contributed by atoms with Gasteiger partial charge in [0.25, 0.3) is 11.6 Å². The van der Waals surface area contributed by atoms with Crippen LogP contribution in [-0.2, 0) is 0 Å². The van der Waals surface area contributed by atoms with Crippen molar-refractivity contribution >= 4 is 50.7 Å². The number of anilines is 1. The summed E-state index contributed by atoms with van der Waals surface area (Å²) in [7, 11) is 0. The molecule has 0 radical (unpaired) electrons. The zero-order valence-electron chi connectivity index (χ0n) is 16.9. The summed E-state index contributed by atoms with van der Waals surface area (Å²) >= 11 is 0.963. The maximum Gasteiger partial charge on any atom is 0.282 e. The minimum absolute atomic E-state index is 0. The zero-order valence-corrected chi connectivity index (χ0v) is 18.5. The van der Waals surface area contributed by atoms with Crippen LogP contribution < -0.4 is 4.90 Å². The number of carbonyl (C=O) groups excluding carboxylic acids is 1. The Bertz CT molecular complexity index is 1090. The van der Waals surface area contributed by atoms with Crippen molar-refractivity contribution in [3.05, 3.63) is 63.7 Å². The van der Waals surface area contributed by atoms with E-state index in [1.807, 2.05) is 13.8 Å². The molecule has 0 aliphatic heterocycles. The van der Waals surface area contributed by atoms with Crippen LogP contribution in [0.3, 0.4) is 0 Å². The van der Waals surface area contributed by atoms with Crippen molar-refractivity contribution in [2.24, 2.45) is 0 Å². The summed E-state index contributed by atoms with van der Waals surface area (Å²) in [6.45, 7) is 6.15. The van der Waals surface area contributed by atoms with Gasteiger partial charge in [0.2, 0.25) is 0 Å². The number of rotatable bonds is 8. The highest BCUT2D eigenvalue weighted by molar-refractivity contribution is 7.22. The molecule has 7 nitrogen and oxygen atoms in total. The summed E-state index contributed by atoms with van der Waals surface area (Å²) in [4.78, 5) is 31.6. The van der Waals surface area contributed by atoms with E-state index in [1.54, 1.807) is 0 Å². The van der Waals surface area contributed by atoms with E-state index in [-0.39, 0.29) is 45.6 Å². The first-order valence-corrected chi connectivity index (χ1v) is 10.2. The number of carbonyl (C=O) groups is 1. The first-order valence-electron chi connectivity index (χ1n) is 9.38. The number of likely N-dealkylation sites (N-methyl/N-ethyl adjacent to an activating group) is 1. The Hall–Kier alpha value is -2.69. The molecule has 1 heterocycles. The van der Waals surface area contributed by atoms with Crippen LogP contribution in [0.5, 0.6) is 0 Å². The Balaban J connectivity index is 0.00000341. The molecule has 0 fully saturated rings. The number of nitro groups is 1. The topological polar surface area (TPSA) is 79.6 Å². The highest BCUT2D eigenvalue weighted by Crippen LogP contribution is 2.32. The molecule has 0 N–H and O–H groups in total. The normalized spacial score (nSPS) is 10.9. The van der Waals surface area contributed by atoms with Gasteiger partial charge in [-0.25, -0.2) is 13.8 Å². The molecule has 3 rings (SSSR count). The number of thiazole rings is 1. The van der Waals surface area contributed by atoms with Crippen LogP contribution in [0.1, 0.15) is 24.2 Å². The minimum Gasteiger partial charge on any atom is -0.302 e. The van der Waals surface area contributed by atoms with Crippen LogP contribution in [0.25, 0.3) is 10.2 Å². The molecule has 0 saturated heterocycles. The molecule has 31 heavy (non-hydrogen) atoms. The predicted octanol–water partition coefficient (Wildman–Crippen LogP) is 4.89. The second kappa shape index (κ2) is 10.6. The summed E-state index contributed by atoms with van der Waals surface area (Å²) in [6, 6.07) is 7.52. The second-order valence-corrected chi connectivity index (χ2v) is 7.50. The van der Waals surface area contributed by atoms with Crippen molar-refractivity contribution in [2.45, 2.75) is 13.8 Å². The largest absolute Gasteiger partial charge is 0.302 e. The maximum atomic E-state index is 14.1. The quantitative estimate of drug-likeness (QED) is 0.346. The molecule has 0 bridgehead atoms. The van der Waals surface area contributed by atoms with Crippen molar-refractivity contribution < 1.29 is 18.5 Å². The highest BCUT2D eigenvalue weighted by atomic mass is 35.5. The monoisotopic (exact) mass is 470 g/mol. The molecule has 11 heteroatoms. The molecule has 166 valence electrons. The summed E-state index contributed by atoms with van der Waals surface area (Å²) in [5, 5.41) is 11.5. The number of fused-ring (bicyclic) bond motifs is 1. The Morgan fingerprint density at radius 1 is 1.16 bits per heavy atom. The highest BCUT2D eigenvalue weighted by Gasteiger charge is 2.28. The van der Waals surface area contributed by atoms with Gasteiger partial charge in [0.05, 0.1) is 9.62 Å². The van der Waals surface area contributed by atoms with Crippen LogP contribution in [0.2, 0.25) is 0 Å². The SMILES string of the molecule is CCN(CC)CCN(C(=O)c1ccccc1[N+](=O)[O-])c1nc2c(F)cc(F)cc2s1.Cl. The number of aromatic nitrogens is 1. The van der Waals surface area contributed by atoms with Crippen molar-refractivity contribution in [1.29, 1.82) is 0 Å². The molecular formula is C20H21ClF2N4O3S. The van der Waals surface area contributed by atoms with Gasteiger partial charge in [0.1, 0.15) is 16.9 Å². The van der Waals surface area contributed by atoms with Crippen molar-refractivity contribution in [3.63, 3.8) is 0 Å². The number of benzene rings is 2. The van der Waals surface area contributed by atoms with E-state index < -0.39 is 22.5 Å². The molecule has 1 amide bonds. The summed E-state index contributed by atoms with van der Waals surface area (Å²) in [5.74, 6) is -2.18. The fraction of sp³-hybridized carbons (Fsp3) is 0.300. The van der Waals surface area contributed by atoms with E-state index in [9.17, 15) is 23.7 Å². The van der Waals surface area contributed by atoms with E-state index in [1.165, 1.54) is 29.2 Å². The molecular weight excluding hydrogens is 450 g/mol. The average Bonchev–Trinajstić information content (AvgIpc) is 3.15. The van der Waals surface area contributed by atoms with Gasteiger partial charge in [0, 0.05) is 25.2 Å². The van der Waals surface area contributed by atoms with Crippen LogP contribution in [0.4, 0.5) is 19.6 Å². The smallest absolute Gasteiger partial charge is 0.282 e. The standard InChI is InChI=1S/C20H20F2N4O3S.ClH/c1-3-24(4-2)9-10-25(19(27)14-7-5-6-8-16(14)26(28)29)20-23-18-15(22)11-13(21)12-17(18)30-20;/h5-8,11-12H,3-4,9-10H2,1-2H3;1H. The van der Waals surface area contributed by atoms with Crippen molar-refractivity contribution in [3.8, 4) is 0 Å². The van der Waals surface area contributed by atoms with E-state index in [4.69, 9.17) is 0 Å². The van der Waals surface area contributed by atoms with Crippen molar-refractivity contribution in [1.82, 2.24) is 9.88 Å². The first kappa shape index (κ1) is 24.6. The third kappa shape index (κ3) is 5.33. The van der Waals surface area contributed by atoms with Gasteiger partial charge in [-0.1, -0.05) is 37.3 Å². The van der Waals surface area contributed by atoms with E-state index in [0.717, 1.165) is 36.6 Å². The Morgan fingerprint density at radius 3 is 2.48 bits per heavy atom. The van der Waals surface area contributed by atoms with Gasteiger partial charge in [-0.05, 0) is 25.2 Å². The Labute approximate surface area is 187 Å². The Morgan fingerprint density at radius 2 is 1.84 bits per heavy atom. The maximum absolute atomic E-state index is 14.1. The number of hydrogen-bond acceptors (Lipinski definition) is 6. The first-order chi connectivity index (χ1) is 14.3. The molecule has 0 aliphatic carbocycles. The van der Waals surface area contributed by atoms with Gasteiger partial charge in [-0.2, -0.15) is 0 Å². The number of nitrogens with zero attached hydrogens (tertiary/aromatic N) is 4. The average molecular weight is 471 g/mol. The molecule has 0 aliphatic rings. The lowest BCUT2D eigenvalue weighted by Gasteiger charge is -2.24. The number of hydrogen-bond donors (Lipinski definition) is 0. The fourth-order valence-corrected chi connectivity index (χ4v) is 4.11. The molecule has 0 atom stereocenters. The van der Waals surface area contributed by atoms with E-state index >= 15 is 0 Å².